The van der Waals surface area contributed by atoms with Crippen molar-refractivity contribution in [3.05, 3.63) is 71.3 Å². The Labute approximate surface area is 204 Å². The molecule has 0 bridgehead atoms. The number of carboxylic acids is 1. The average Bonchev–Trinajstić information content (AvgIpc) is 2.83. The summed E-state index contributed by atoms with van der Waals surface area (Å²) in [6.45, 7) is 5.11. The zero-order chi connectivity index (χ0) is 25.5. The number of halogens is 2. The molecule has 6 nitrogen and oxygen atoms in total. The van der Waals surface area contributed by atoms with Gasteiger partial charge in [0.2, 0.25) is 5.91 Å². The number of carbonyl (C=O) groups excluding carboxylic acids is 1. The molecule has 2 aromatic rings. The zero-order valence-electron chi connectivity index (χ0n) is 20.2. The number of ether oxygens (including phenoxy) is 1. The third-order valence-electron chi connectivity index (χ3n) is 6.29. The van der Waals surface area contributed by atoms with Crippen LogP contribution in [0.1, 0.15) is 45.6 Å². The van der Waals surface area contributed by atoms with Crippen molar-refractivity contribution in [1.82, 2.24) is 10.6 Å². The highest BCUT2D eigenvalue weighted by Gasteiger charge is 2.37. The van der Waals surface area contributed by atoms with Crippen LogP contribution in [0, 0.1) is 11.6 Å². The van der Waals surface area contributed by atoms with Crippen molar-refractivity contribution < 1.29 is 28.2 Å². The Morgan fingerprint density at radius 3 is 2.26 bits per heavy atom. The van der Waals surface area contributed by atoms with Crippen LogP contribution in [0.3, 0.4) is 0 Å². The lowest BCUT2D eigenvalue weighted by atomic mass is 9.87. The highest BCUT2D eigenvalue weighted by Crippen LogP contribution is 2.27. The Morgan fingerprint density at radius 1 is 1.09 bits per heavy atom. The first-order chi connectivity index (χ1) is 16.7. The first kappa shape index (κ1) is 26.5. The van der Waals surface area contributed by atoms with E-state index < -0.39 is 35.8 Å². The van der Waals surface area contributed by atoms with Crippen LogP contribution in [0.5, 0.6) is 0 Å². The van der Waals surface area contributed by atoms with Crippen molar-refractivity contribution in [2.45, 2.75) is 70.9 Å². The van der Waals surface area contributed by atoms with E-state index in [0.29, 0.717) is 11.1 Å². The van der Waals surface area contributed by atoms with Crippen LogP contribution in [0.15, 0.2) is 54.1 Å². The fourth-order valence-electron chi connectivity index (χ4n) is 4.37. The molecule has 188 valence electrons. The van der Waals surface area contributed by atoms with Gasteiger partial charge < -0.3 is 20.5 Å². The summed E-state index contributed by atoms with van der Waals surface area (Å²) in [5, 5.41) is 15.6. The van der Waals surface area contributed by atoms with Gasteiger partial charge in [0.15, 0.2) is 0 Å². The van der Waals surface area contributed by atoms with E-state index >= 15 is 0 Å². The van der Waals surface area contributed by atoms with Crippen molar-refractivity contribution in [1.29, 1.82) is 0 Å². The normalized spacial score (nSPS) is 19.9. The van der Waals surface area contributed by atoms with Gasteiger partial charge in [-0.1, -0.05) is 44.2 Å². The van der Waals surface area contributed by atoms with Gasteiger partial charge in [-0.15, -0.1) is 0 Å². The molecule has 1 aliphatic carbocycles. The summed E-state index contributed by atoms with van der Waals surface area (Å²) in [4.78, 5) is 23.7. The standard InChI is InChI=1S/C27H32F2N2O4/c1-4-20(5-2)35-25-14-19(27(33)34)13-24(26(25)31-16(3)32)30-15-21-22(28)11-18(12-23(21)29)17-9-7-6-8-10-17/h6-12,14,20,24-26,30H,4-5,13,15H2,1-3H3,(H,31,32)(H,33,34)/t24-,25+,26+/m0/s1. The summed E-state index contributed by atoms with van der Waals surface area (Å²) in [7, 11) is 0. The van der Waals surface area contributed by atoms with E-state index in [9.17, 15) is 23.5 Å². The molecule has 0 radical (unpaired) electrons. The first-order valence-electron chi connectivity index (χ1n) is 11.9. The van der Waals surface area contributed by atoms with Crippen molar-refractivity contribution in [3.8, 4) is 11.1 Å². The predicted molar refractivity (Wildman–Crippen MR) is 130 cm³/mol. The maximum Gasteiger partial charge on any atom is 0.331 e. The van der Waals surface area contributed by atoms with E-state index in [1.807, 2.05) is 19.9 Å². The monoisotopic (exact) mass is 486 g/mol. The average molecular weight is 487 g/mol. The van der Waals surface area contributed by atoms with Gasteiger partial charge in [-0.05, 0) is 48.6 Å². The molecular formula is C27H32F2N2O4. The Balaban J connectivity index is 1.86. The number of amides is 1. The van der Waals surface area contributed by atoms with E-state index in [1.54, 1.807) is 24.3 Å². The smallest absolute Gasteiger partial charge is 0.331 e. The molecule has 8 heteroatoms. The molecule has 0 spiro atoms. The minimum Gasteiger partial charge on any atom is -0.478 e. The summed E-state index contributed by atoms with van der Waals surface area (Å²) in [6.07, 6.45) is 2.21. The Morgan fingerprint density at radius 2 is 1.71 bits per heavy atom. The predicted octanol–water partition coefficient (Wildman–Crippen LogP) is 4.58. The van der Waals surface area contributed by atoms with Crippen molar-refractivity contribution >= 4 is 11.9 Å². The van der Waals surface area contributed by atoms with Gasteiger partial charge in [0.25, 0.3) is 0 Å². The Bertz CT molecular complexity index is 1050. The quantitative estimate of drug-likeness (QED) is 0.458. The minimum atomic E-state index is -1.10. The molecule has 3 N–H and O–H groups in total. The molecule has 0 heterocycles. The summed E-state index contributed by atoms with van der Waals surface area (Å²) in [5.74, 6) is -2.82. The van der Waals surface area contributed by atoms with Crippen LogP contribution < -0.4 is 10.6 Å². The molecule has 0 aliphatic heterocycles. The molecule has 0 fully saturated rings. The van der Waals surface area contributed by atoms with E-state index in [0.717, 1.165) is 12.8 Å². The van der Waals surface area contributed by atoms with E-state index in [2.05, 4.69) is 10.6 Å². The molecular weight excluding hydrogens is 454 g/mol. The van der Waals surface area contributed by atoms with Gasteiger partial charge in [0.1, 0.15) is 11.6 Å². The Hall–Kier alpha value is -3.10. The molecule has 0 unspecified atom stereocenters. The van der Waals surface area contributed by atoms with Gasteiger partial charge in [-0.25, -0.2) is 13.6 Å². The van der Waals surface area contributed by atoms with Crippen LogP contribution in [-0.4, -0.2) is 41.3 Å². The van der Waals surface area contributed by atoms with Crippen LogP contribution in [0.4, 0.5) is 8.78 Å². The topological polar surface area (TPSA) is 87.7 Å². The second-order valence-corrected chi connectivity index (χ2v) is 8.74. The number of nitrogens with one attached hydrogen (secondary N) is 2. The molecule has 0 aromatic heterocycles. The van der Waals surface area contributed by atoms with Crippen molar-refractivity contribution in [3.63, 3.8) is 0 Å². The second-order valence-electron chi connectivity index (χ2n) is 8.74. The summed E-state index contributed by atoms with van der Waals surface area (Å²) >= 11 is 0. The summed E-state index contributed by atoms with van der Waals surface area (Å²) < 4.78 is 36.0. The highest BCUT2D eigenvalue weighted by molar-refractivity contribution is 5.87. The fourth-order valence-corrected chi connectivity index (χ4v) is 4.37. The van der Waals surface area contributed by atoms with E-state index in [-0.39, 0.29) is 36.1 Å². The molecule has 2 aromatic carbocycles. The number of carbonyl (C=O) groups is 2. The van der Waals surface area contributed by atoms with Gasteiger partial charge in [0.05, 0.1) is 18.2 Å². The van der Waals surface area contributed by atoms with E-state index in [4.69, 9.17) is 4.74 Å². The number of benzene rings is 2. The lowest BCUT2D eigenvalue weighted by Gasteiger charge is -2.38. The van der Waals surface area contributed by atoms with Crippen LogP contribution in [0.2, 0.25) is 0 Å². The lowest BCUT2D eigenvalue weighted by Crippen LogP contribution is -2.58. The number of carboxylic acid groups (broad SMARTS) is 1. The third kappa shape index (κ3) is 6.74. The third-order valence-corrected chi connectivity index (χ3v) is 6.29. The number of aliphatic carboxylic acids is 1. The molecule has 3 rings (SSSR count). The fraction of sp³-hybridized carbons (Fsp3) is 0.407. The summed E-state index contributed by atoms with van der Waals surface area (Å²) in [6, 6.07) is 10.3. The van der Waals surface area contributed by atoms with Crippen LogP contribution in [0.25, 0.3) is 11.1 Å². The minimum absolute atomic E-state index is 0.0639. The highest BCUT2D eigenvalue weighted by atomic mass is 19.1. The lowest BCUT2D eigenvalue weighted by molar-refractivity contribution is -0.133. The number of hydrogen-bond acceptors (Lipinski definition) is 4. The van der Waals surface area contributed by atoms with Gasteiger partial charge >= 0.3 is 5.97 Å². The molecule has 0 saturated heterocycles. The van der Waals surface area contributed by atoms with Gasteiger partial charge in [-0.3, -0.25) is 4.79 Å². The van der Waals surface area contributed by atoms with Crippen LogP contribution in [-0.2, 0) is 20.9 Å². The summed E-state index contributed by atoms with van der Waals surface area (Å²) in [5.41, 5.74) is 1.09. The molecule has 35 heavy (non-hydrogen) atoms. The van der Waals surface area contributed by atoms with Crippen LogP contribution >= 0.6 is 0 Å². The molecule has 1 aliphatic rings. The SMILES string of the molecule is CCC(CC)O[C@@H]1C=C(C(=O)O)C[C@H](NCc2c(F)cc(-c3ccccc3)cc2F)[C@H]1NC(C)=O. The number of rotatable bonds is 10. The number of hydrogen-bond donors (Lipinski definition) is 3. The molecule has 0 saturated carbocycles. The largest absolute Gasteiger partial charge is 0.478 e. The first-order valence-corrected chi connectivity index (χ1v) is 11.9. The maximum atomic E-state index is 14.9. The Kier molecular flexibility index (Phi) is 9.12. The zero-order valence-corrected chi connectivity index (χ0v) is 20.2. The van der Waals surface area contributed by atoms with Gasteiger partial charge in [0, 0.05) is 30.6 Å². The van der Waals surface area contributed by atoms with E-state index in [1.165, 1.54) is 25.1 Å². The maximum absolute atomic E-state index is 14.9. The van der Waals surface area contributed by atoms with Crippen molar-refractivity contribution in [2.75, 3.05) is 0 Å². The molecule has 3 atom stereocenters. The molecule has 1 amide bonds. The second kappa shape index (κ2) is 12.0. The van der Waals surface area contributed by atoms with Gasteiger partial charge in [-0.2, -0.15) is 0 Å². The van der Waals surface area contributed by atoms with Crippen molar-refractivity contribution in [2.24, 2.45) is 0 Å².